The molecular weight excluding hydrogens is 638 g/mol. The Bertz CT molecular complexity index is 1580. The van der Waals surface area contributed by atoms with E-state index >= 15 is 0 Å². The molecule has 0 aliphatic carbocycles. The Morgan fingerprint density at radius 2 is 1.89 bits per heavy atom. The molecule has 2 fully saturated rings. The Balaban J connectivity index is 1.51. The molecule has 3 atom stereocenters. The number of aromatic nitrogens is 6. The summed E-state index contributed by atoms with van der Waals surface area (Å²) < 4.78 is 95.0. The number of carbonyl (C=O) groups excluding carboxylic acids is 2. The number of hydrogen-bond donors (Lipinski definition) is 2. The average molecular weight is 675 g/mol. The molecule has 5 heterocycles. The van der Waals surface area contributed by atoms with Crippen LogP contribution in [0.2, 0.25) is 0 Å². The van der Waals surface area contributed by atoms with Gasteiger partial charge < -0.3 is 20.1 Å². The summed E-state index contributed by atoms with van der Waals surface area (Å²) in [7, 11) is 0. The molecule has 47 heavy (non-hydrogen) atoms. The summed E-state index contributed by atoms with van der Waals surface area (Å²) in [6, 6.07) is 0.264. The van der Waals surface area contributed by atoms with Crippen molar-refractivity contribution in [2.75, 3.05) is 26.4 Å². The van der Waals surface area contributed by atoms with E-state index in [1.165, 1.54) is 27.7 Å². The van der Waals surface area contributed by atoms with E-state index < -0.39 is 67.2 Å². The SMILES string of the molecule is CCn1nccc1C(=O)N[C@@H](COC(C)(C)C(F)(F)F)c1cn2nc(C[C@H]3C[C@@H](C(F)(F)F)CNC3=O)c(C3CCOCC3)nc2n1. The third kappa shape index (κ3) is 7.69. The second kappa shape index (κ2) is 13.4. The standard InChI is InChI=1S/C29H36F6N8O4/c1-4-42-22(5-8-37-42)25(45)38-21(15-47-27(2,3)29(33,34)35)20-14-43-26(39-20)40-23(16-6-9-46-10-7-16)19(41-43)12-17-11-18(28(30,31)32)13-36-24(17)44/h5,8,14,16-18,21H,4,6-7,9-13,15H2,1-3H3,(H,36,44)(H,38,45)/t17-,18-,21+/m1/s1. The lowest BCUT2D eigenvalue weighted by molar-refractivity contribution is -0.265. The zero-order valence-electron chi connectivity index (χ0n) is 26.0. The first-order valence-electron chi connectivity index (χ1n) is 15.3. The highest BCUT2D eigenvalue weighted by atomic mass is 19.4. The van der Waals surface area contributed by atoms with Gasteiger partial charge in [0.25, 0.3) is 11.7 Å². The van der Waals surface area contributed by atoms with Gasteiger partial charge in [0.1, 0.15) is 5.69 Å². The van der Waals surface area contributed by atoms with E-state index in [4.69, 9.17) is 14.5 Å². The number of hydrogen-bond acceptors (Lipinski definition) is 8. The minimum absolute atomic E-state index is 0.0550. The molecule has 258 valence electrons. The summed E-state index contributed by atoms with van der Waals surface area (Å²) in [6.45, 7) is 3.58. The lowest BCUT2D eigenvalue weighted by Gasteiger charge is -2.31. The zero-order valence-corrected chi connectivity index (χ0v) is 26.0. The van der Waals surface area contributed by atoms with Crippen molar-refractivity contribution < 1.29 is 45.4 Å². The van der Waals surface area contributed by atoms with Gasteiger partial charge in [0.2, 0.25) is 5.91 Å². The van der Waals surface area contributed by atoms with Crippen LogP contribution in [0, 0.1) is 11.8 Å². The van der Waals surface area contributed by atoms with Crippen LogP contribution in [0.25, 0.3) is 5.78 Å². The maximum absolute atomic E-state index is 13.6. The van der Waals surface area contributed by atoms with Crippen LogP contribution in [0.4, 0.5) is 26.3 Å². The molecule has 0 saturated carbocycles. The highest BCUT2D eigenvalue weighted by Crippen LogP contribution is 2.36. The van der Waals surface area contributed by atoms with Gasteiger partial charge in [0.15, 0.2) is 5.60 Å². The van der Waals surface area contributed by atoms with Crippen LogP contribution in [0.15, 0.2) is 18.5 Å². The van der Waals surface area contributed by atoms with E-state index in [1.54, 1.807) is 6.92 Å². The van der Waals surface area contributed by atoms with E-state index in [-0.39, 0.29) is 29.5 Å². The van der Waals surface area contributed by atoms with Crippen molar-refractivity contribution >= 4 is 17.6 Å². The molecule has 3 aromatic rings. The van der Waals surface area contributed by atoms with Gasteiger partial charge in [0.05, 0.1) is 41.8 Å². The van der Waals surface area contributed by atoms with Gasteiger partial charge in [-0.1, -0.05) is 0 Å². The van der Waals surface area contributed by atoms with Gasteiger partial charge in [0, 0.05) is 50.8 Å². The van der Waals surface area contributed by atoms with Crippen LogP contribution < -0.4 is 10.6 Å². The summed E-state index contributed by atoms with van der Waals surface area (Å²) in [4.78, 5) is 35.1. The quantitative estimate of drug-likeness (QED) is 0.309. The fraction of sp³-hybridized carbons (Fsp3) is 0.655. The predicted octanol–water partition coefficient (Wildman–Crippen LogP) is 3.92. The summed E-state index contributed by atoms with van der Waals surface area (Å²) in [5, 5.41) is 13.7. The normalized spacial score (nSPS) is 20.7. The number of nitrogens with zero attached hydrogens (tertiary/aromatic N) is 6. The van der Waals surface area contributed by atoms with Crippen molar-refractivity contribution in [1.29, 1.82) is 0 Å². The predicted molar refractivity (Wildman–Crippen MR) is 152 cm³/mol. The Morgan fingerprint density at radius 1 is 1.17 bits per heavy atom. The van der Waals surface area contributed by atoms with Crippen molar-refractivity contribution in [3.8, 4) is 0 Å². The molecule has 0 radical (unpaired) electrons. The molecule has 0 bridgehead atoms. The van der Waals surface area contributed by atoms with Gasteiger partial charge in [-0.2, -0.15) is 36.5 Å². The number of rotatable bonds is 10. The van der Waals surface area contributed by atoms with Crippen molar-refractivity contribution in [3.05, 3.63) is 41.2 Å². The molecule has 2 amide bonds. The molecule has 12 nitrogen and oxygen atoms in total. The number of alkyl halides is 6. The van der Waals surface area contributed by atoms with Crippen molar-refractivity contribution in [2.24, 2.45) is 11.8 Å². The zero-order chi connectivity index (χ0) is 34.1. The molecule has 18 heteroatoms. The van der Waals surface area contributed by atoms with E-state index in [0.29, 0.717) is 44.0 Å². The van der Waals surface area contributed by atoms with Gasteiger partial charge in [-0.3, -0.25) is 14.3 Å². The number of carbonyl (C=O) groups is 2. The van der Waals surface area contributed by atoms with Crippen LogP contribution >= 0.6 is 0 Å². The molecule has 0 unspecified atom stereocenters. The average Bonchev–Trinajstić information content (AvgIpc) is 3.66. The molecule has 2 N–H and O–H groups in total. The van der Waals surface area contributed by atoms with Crippen LogP contribution in [-0.2, 0) is 27.2 Å². The topological polar surface area (TPSA) is 138 Å². The third-order valence-electron chi connectivity index (χ3n) is 8.61. The number of aryl methyl sites for hydroxylation is 1. The Kier molecular flexibility index (Phi) is 9.82. The number of fused-ring (bicyclic) bond motifs is 1. The number of halogens is 6. The summed E-state index contributed by atoms with van der Waals surface area (Å²) >= 11 is 0. The van der Waals surface area contributed by atoms with E-state index in [9.17, 15) is 35.9 Å². The minimum Gasteiger partial charge on any atom is -0.381 e. The summed E-state index contributed by atoms with van der Waals surface area (Å²) in [5.41, 5.74) is -1.55. The highest BCUT2D eigenvalue weighted by Gasteiger charge is 2.49. The largest absolute Gasteiger partial charge is 0.416 e. The van der Waals surface area contributed by atoms with Crippen LogP contribution in [0.1, 0.15) is 79.6 Å². The van der Waals surface area contributed by atoms with Crippen LogP contribution in [0.5, 0.6) is 0 Å². The molecule has 5 rings (SSSR count). The maximum atomic E-state index is 13.6. The van der Waals surface area contributed by atoms with Gasteiger partial charge >= 0.3 is 12.4 Å². The van der Waals surface area contributed by atoms with Gasteiger partial charge in [-0.15, -0.1) is 0 Å². The summed E-state index contributed by atoms with van der Waals surface area (Å²) in [6.07, 6.45) is -5.84. The molecule has 2 aliphatic heterocycles. The van der Waals surface area contributed by atoms with E-state index in [2.05, 4.69) is 25.8 Å². The lowest BCUT2D eigenvalue weighted by Crippen LogP contribution is -2.47. The van der Waals surface area contributed by atoms with E-state index in [1.807, 2.05) is 0 Å². The monoisotopic (exact) mass is 674 g/mol. The van der Waals surface area contributed by atoms with E-state index in [0.717, 1.165) is 13.8 Å². The Labute approximate surface area is 265 Å². The molecular formula is C29H36F6N8O4. The first kappa shape index (κ1) is 34.5. The first-order chi connectivity index (χ1) is 22.1. The Hall–Kier alpha value is -3.80. The summed E-state index contributed by atoms with van der Waals surface area (Å²) in [5.74, 6) is -4.00. The first-order valence-corrected chi connectivity index (χ1v) is 15.3. The molecule has 2 saturated heterocycles. The van der Waals surface area contributed by atoms with Crippen LogP contribution in [-0.4, -0.2) is 85.5 Å². The second-order valence-corrected chi connectivity index (χ2v) is 12.2. The fourth-order valence-corrected chi connectivity index (χ4v) is 5.64. The molecule has 0 aromatic carbocycles. The minimum atomic E-state index is -4.71. The molecule has 2 aliphatic rings. The van der Waals surface area contributed by atoms with Crippen molar-refractivity contribution in [1.82, 2.24) is 40.0 Å². The third-order valence-corrected chi connectivity index (χ3v) is 8.61. The van der Waals surface area contributed by atoms with Gasteiger partial charge in [-0.05, 0) is 46.1 Å². The number of nitrogens with one attached hydrogen (secondary N) is 2. The number of amides is 2. The maximum Gasteiger partial charge on any atom is 0.416 e. The highest BCUT2D eigenvalue weighted by molar-refractivity contribution is 5.92. The number of ether oxygens (including phenoxy) is 2. The van der Waals surface area contributed by atoms with Crippen molar-refractivity contribution in [3.63, 3.8) is 0 Å². The fourth-order valence-electron chi connectivity index (χ4n) is 5.64. The van der Waals surface area contributed by atoms with Crippen LogP contribution in [0.3, 0.4) is 0 Å². The van der Waals surface area contributed by atoms with Gasteiger partial charge in [-0.25, -0.2) is 14.5 Å². The smallest absolute Gasteiger partial charge is 0.381 e. The Morgan fingerprint density at radius 3 is 2.55 bits per heavy atom. The lowest BCUT2D eigenvalue weighted by atomic mass is 9.84. The number of piperidine rings is 1. The van der Waals surface area contributed by atoms with Crippen molar-refractivity contribution in [2.45, 2.75) is 82.9 Å². The second-order valence-electron chi connectivity index (χ2n) is 12.2. The molecule has 3 aromatic heterocycles. The number of imidazole rings is 1. The molecule has 0 spiro atoms.